The molecule has 166 valence electrons. The molecule has 1 fully saturated rings. The van der Waals surface area contributed by atoms with Crippen LogP contribution in [0, 0.1) is 12.7 Å². The number of carbonyl (C=O) groups excluding carboxylic acids is 1. The summed E-state index contributed by atoms with van der Waals surface area (Å²) >= 11 is 0. The molecule has 1 saturated heterocycles. The first kappa shape index (κ1) is 22.1. The second-order valence-electron chi connectivity index (χ2n) is 8.55. The van der Waals surface area contributed by atoms with Crippen LogP contribution in [-0.2, 0) is 6.54 Å². The van der Waals surface area contributed by atoms with Gasteiger partial charge in [0.15, 0.2) is 0 Å². The third-order valence-corrected chi connectivity index (χ3v) is 6.10. The van der Waals surface area contributed by atoms with Crippen molar-refractivity contribution in [2.24, 2.45) is 0 Å². The van der Waals surface area contributed by atoms with Gasteiger partial charge < -0.3 is 4.90 Å². The van der Waals surface area contributed by atoms with E-state index < -0.39 is 0 Å². The normalized spacial score (nSPS) is 16.7. The molecule has 0 aliphatic carbocycles. The predicted molar refractivity (Wildman–Crippen MR) is 124 cm³/mol. The standard InChI is InChI=1S/C26H29FN4O/c1-18-22(26(32)30(2)3)16-28-25(29-18)24-14-8-9-15-31(24)17-19-10-4-5-11-20(19)21-12-6-7-13-23(21)27/h4-7,10-13,16,24H,8-9,14-15,17H2,1-3H3/t24-/m1/s1. The van der Waals surface area contributed by atoms with Gasteiger partial charge >= 0.3 is 0 Å². The van der Waals surface area contributed by atoms with Crippen molar-refractivity contribution >= 4 is 5.91 Å². The topological polar surface area (TPSA) is 49.3 Å². The lowest BCUT2D eigenvalue weighted by molar-refractivity contribution is 0.0825. The minimum atomic E-state index is -0.213. The first-order chi connectivity index (χ1) is 15.5. The minimum absolute atomic E-state index is 0.0691. The highest BCUT2D eigenvalue weighted by Gasteiger charge is 2.28. The Balaban J connectivity index is 1.63. The Kier molecular flexibility index (Phi) is 6.61. The summed E-state index contributed by atoms with van der Waals surface area (Å²) in [5, 5.41) is 0. The van der Waals surface area contributed by atoms with Gasteiger partial charge in [-0.25, -0.2) is 14.4 Å². The Morgan fingerprint density at radius 3 is 2.53 bits per heavy atom. The van der Waals surface area contributed by atoms with Gasteiger partial charge in [-0.05, 0) is 43.5 Å². The van der Waals surface area contributed by atoms with E-state index in [1.54, 1.807) is 26.4 Å². The number of benzene rings is 2. The number of likely N-dealkylation sites (tertiary alicyclic amines) is 1. The van der Waals surface area contributed by atoms with E-state index >= 15 is 0 Å². The average molecular weight is 433 g/mol. The van der Waals surface area contributed by atoms with Crippen molar-refractivity contribution in [1.82, 2.24) is 19.8 Å². The molecule has 0 radical (unpaired) electrons. The Hall–Kier alpha value is -3.12. The van der Waals surface area contributed by atoms with E-state index in [-0.39, 0.29) is 17.8 Å². The molecular weight excluding hydrogens is 403 g/mol. The van der Waals surface area contributed by atoms with Crippen LogP contribution in [0.1, 0.15) is 52.7 Å². The largest absolute Gasteiger partial charge is 0.345 e. The van der Waals surface area contributed by atoms with Crippen LogP contribution < -0.4 is 0 Å². The molecule has 3 aromatic rings. The smallest absolute Gasteiger partial charge is 0.256 e. The molecule has 32 heavy (non-hydrogen) atoms. The third-order valence-electron chi connectivity index (χ3n) is 6.10. The van der Waals surface area contributed by atoms with Gasteiger partial charge in [0, 0.05) is 32.4 Å². The fourth-order valence-electron chi connectivity index (χ4n) is 4.39. The molecule has 1 aliphatic rings. The van der Waals surface area contributed by atoms with Gasteiger partial charge in [0.1, 0.15) is 11.6 Å². The zero-order chi connectivity index (χ0) is 22.7. The lowest BCUT2D eigenvalue weighted by Gasteiger charge is -2.35. The van der Waals surface area contributed by atoms with Crippen molar-refractivity contribution in [3.8, 4) is 11.1 Å². The minimum Gasteiger partial charge on any atom is -0.345 e. The molecule has 1 atom stereocenters. The van der Waals surface area contributed by atoms with Crippen LogP contribution in [0.4, 0.5) is 4.39 Å². The number of nitrogens with zero attached hydrogens (tertiary/aromatic N) is 4. The summed E-state index contributed by atoms with van der Waals surface area (Å²) in [5.41, 5.74) is 3.85. The number of hydrogen-bond acceptors (Lipinski definition) is 4. The van der Waals surface area contributed by atoms with Crippen molar-refractivity contribution in [3.63, 3.8) is 0 Å². The second kappa shape index (κ2) is 9.57. The molecule has 6 heteroatoms. The van der Waals surface area contributed by atoms with Crippen molar-refractivity contribution < 1.29 is 9.18 Å². The highest BCUT2D eigenvalue weighted by Crippen LogP contribution is 2.33. The SMILES string of the molecule is Cc1nc([C@H]2CCCCN2Cc2ccccc2-c2ccccc2F)ncc1C(=O)N(C)C. The maximum atomic E-state index is 14.5. The number of amides is 1. The van der Waals surface area contributed by atoms with Crippen LogP contribution >= 0.6 is 0 Å². The number of piperidine rings is 1. The molecular formula is C26H29FN4O. The van der Waals surface area contributed by atoms with Crippen LogP contribution in [0.3, 0.4) is 0 Å². The molecule has 1 amide bonds. The van der Waals surface area contributed by atoms with Crippen molar-refractivity contribution in [3.05, 3.63) is 83.2 Å². The summed E-state index contributed by atoms with van der Waals surface area (Å²) in [5.74, 6) is 0.449. The van der Waals surface area contributed by atoms with Gasteiger partial charge in [0.2, 0.25) is 0 Å². The zero-order valence-corrected chi connectivity index (χ0v) is 18.9. The number of aromatic nitrogens is 2. The molecule has 0 N–H and O–H groups in total. The lowest BCUT2D eigenvalue weighted by atomic mass is 9.96. The Bertz CT molecular complexity index is 1110. The summed E-state index contributed by atoms with van der Waals surface area (Å²) in [6, 6.07) is 15.0. The molecule has 0 saturated carbocycles. The Morgan fingerprint density at radius 1 is 1.09 bits per heavy atom. The van der Waals surface area contributed by atoms with E-state index in [0.717, 1.165) is 42.8 Å². The molecule has 1 aromatic heterocycles. The monoisotopic (exact) mass is 432 g/mol. The van der Waals surface area contributed by atoms with Crippen molar-refractivity contribution in [1.29, 1.82) is 0 Å². The molecule has 1 aliphatic heterocycles. The first-order valence-electron chi connectivity index (χ1n) is 11.1. The maximum absolute atomic E-state index is 14.5. The fourth-order valence-corrected chi connectivity index (χ4v) is 4.39. The fraction of sp³-hybridized carbons (Fsp3) is 0.346. The lowest BCUT2D eigenvalue weighted by Crippen LogP contribution is -2.34. The molecule has 2 heterocycles. The third kappa shape index (κ3) is 4.55. The quantitative estimate of drug-likeness (QED) is 0.568. The average Bonchev–Trinajstić information content (AvgIpc) is 2.80. The van der Waals surface area contributed by atoms with Crippen LogP contribution in [0.25, 0.3) is 11.1 Å². The van der Waals surface area contributed by atoms with Crippen LogP contribution in [0.2, 0.25) is 0 Å². The molecule has 2 aromatic carbocycles. The summed E-state index contributed by atoms with van der Waals surface area (Å²) in [4.78, 5) is 25.6. The predicted octanol–water partition coefficient (Wildman–Crippen LogP) is 5.02. The maximum Gasteiger partial charge on any atom is 0.256 e. The Morgan fingerprint density at radius 2 is 1.81 bits per heavy atom. The van der Waals surface area contributed by atoms with E-state index in [9.17, 15) is 9.18 Å². The molecule has 0 unspecified atom stereocenters. The number of hydrogen-bond donors (Lipinski definition) is 0. The van der Waals surface area contributed by atoms with E-state index in [1.165, 1.54) is 11.0 Å². The van der Waals surface area contributed by atoms with Crippen LogP contribution in [0.5, 0.6) is 0 Å². The highest BCUT2D eigenvalue weighted by atomic mass is 19.1. The zero-order valence-electron chi connectivity index (χ0n) is 18.9. The number of carbonyl (C=O) groups is 1. The summed E-state index contributed by atoms with van der Waals surface area (Å²) in [6.07, 6.45) is 4.83. The van der Waals surface area contributed by atoms with Crippen LogP contribution in [0.15, 0.2) is 54.7 Å². The number of aryl methyl sites for hydroxylation is 1. The molecule has 5 nitrogen and oxygen atoms in total. The van der Waals surface area contributed by atoms with Crippen molar-refractivity contribution in [2.75, 3.05) is 20.6 Å². The number of rotatable bonds is 5. The summed E-state index contributed by atoms with van der Waals surface area (Å²) < 4.78 is 14.5. The molecule has 0 bridgehead atoms. The van der Waals surface area contributed by atoms with Gasteiger partial charge in [-0.15, -0.1) is 0 Å². The highest BCUT2D eigenvalue weighted by molar-refractivity contribution is 5.94. The molecule has 4 rings (SSSR count). The summed E-state index contributed by atoms with van der Waals surface area (Å²) in [6.45, 7) is 3.48. The van der Waals surface area contributed by atoms with Crippen molar-refractivity contribution in [2.45, 2.75) is 38.8 Å². The second-order valence-corrected chi connectivity index (χ2v) is 8.55. The van der Waals surface area contributed by atoms with Gasteiger partial charge in [0.05, 0.1) is 17.3 Å². The van der Waals surface area contributed by atoms with Gasteiger partial charge in [-0.1, -0.05) is 48.9 Å². The van der Waals surface area contributed by atoms with Gasteiger partial charge in [-0.2, -0.15) is 0 Å². The van der Waals surface area contributed by atoms with E-state index in [4.69, 9.17) is 4.98 Å². The van der Waals surface area contributed by atoms with E-state index in [0.29, 0.717) is 23.4 Å². The molecule has 0 spiro atoms. The number of halogens is 1. The Labute approximate surface area is 188 Å². The van der Waals surface area contributed by atoms with Crippen LogP contribution in [-0.4, -0.2) is 46.3 Å². The first-order valence-corrected chi connectivity index (χ1v) is 11.1. The van der Waals surface area contributed by atoms with E-state index in [2.05, 4.69) is 16.0 Å². The van der Waals surface area contributed by atoms with Gasteiger partial charge in [-0.3, -0.25) is 9.69 Å². The van der Waals surface area contributed by atoms with E-state index in [1.807, 2.05) is 37.3 Å². The summed E-state index contributed by atoms with van der Waals surface area (Å²) in [7, 11) is 3.46. The van der Waals surface area contributed by atoms with Gasteiger partial charge in [0.25, 0.3) is 5.91 Å².